The fourth-order valence-corrected chi connectivity index (χ4v) is 4.42. The normalized spacial score (nSPS) is 18.6. The molecule has 2 aromatic carbocycles. The van der Waals surface area contributed by atoms with E-state index in [0.29, 0.717) is 36.1 Å². The number of thiazole rings is 1. The molecule has 0 fully saturated rings. The molecule has 0 bridgehead atoms. The Labute approximate surface area is 178 Å². The van der Waals surface area contributed by atoms with Crippen molar-refractivity contribution in [1.29, 1.82) is 0 Å². The van der Waals surface area contributed by atoms with Crippen LogP contribution in [0.3, 0.4) is 0 Å². The van der Waals surface area contributed by atoms with Crippen LogP contribution in [0.2, 0.25) is 0 Å². The van der Waals surface area contributed by atoms with E-state index in [0.717, 1.165) is 16.0 Å². The molecule has 2 atom stereocenters. The zero-order valence-electron chi connectivity index (χ0n) is 17.2. The zero-order valence-corrected chi connectivity index (χ0v) is 18.0. The van der Waals surface area contributed by atoms with Gasteiger partial charge in [-0.3, -0.25) is 4.79 Å². The molecule has 0 N–H and O–H groups in total. The fraction of sp³-hybridized carbons (Fsp3) is 0.364. The van der Waals surface area contributed by atoms with Crippen molar-refractivity contribution in [2.45, 2.75) is 32.6 Å². The summed E-state index contributed by atoms with van der Waals surface area (Å²) in [6, 6.07) is 13.1. The maximum atomic E-state index is 13.0. The minimum Gasteiger partial charge on any atom is -0.497 e. The highest BCUT2D eigenvalue weighted by Gasteiger charge is 2.34. The molecule has 30 heavy (non-hydrogen) atoms. The number of para-hydroxylation sites is 2. The number of carbonyl (C=O) groups is 1. The molecular weight excluding hydrogens is 404 g/mol. The lowest BCUT2D eigenvalue weighted by atomic mass is 10.1. The zero-order chi connectivity index (χ0) is 21.1. The minimum atomic E-state index is -0.806. The number of carbonyl (C=O) groups excluding carboxylic acids is 1. The summed E-state index contributed by atoms with van der Waals surface area (Å²) in [6.45, 7) is 5.52. The first-order valence-corrected chi connectivity index (χ1v) is 10.7. The number of methoxy groups -OCH3 is 1. The second-order valence-electron chi connectivity index (χ2n) is 6.83. The third-order valence-electron chi connectivity index (χ3n) is 4.84. The standard InChI is InChI=1S/C22H24N2O5S/c1-4-27-12-11-24-16-10-9-15(26-3)13-19(16)30-22(24)23-21(25)20-14(2)28-17-7-5-6-8-18(17)29-20/h5-10,13-14,20H,4,11-12H2,1-3H3. The van der Waals surface area contributed by atoms with Crippen LogP contribution < -0.4 is 19.0 Å². The topological polar surface area (TPSA) is 71.3 Å². The maximum Gasteiger partial charge on any atom is 0.293 e. The van der Waals surface area contributed by atoms with Gasteiger partial charge in [-0.25, -0.2) is 0 Å². The molecule has 2 heterocycles. The molecule has 3 aromatic rings. The van der Waals surface area contributed by atoms with Crippen LogP contribution in [0.25, 0.3) is 10.2 Å². The van der Waals surface area contributed by atoms with Gasteiger partial charge in [-0.2, -0.15) is 4.99 Å². The van der Waals surface area contributed by atoms with Crippen molar-refractivity contribution in [1.82, 2.24) is 4.57 Å². The SMILES string of the molecule is CCOCCn1c(=NC(=O)C2Oc3ccccc3OC2C)sc2cc(OC)ccc21. The van der Waals surface area contributed by atoms with E-state index in [1.165, 1.54) is 11.3 Å². The molecule has 2 unspecified atom stereocenters. The molecule has 1 aliphatic heterocycles. The Bertz CT molecular complexity index is 1120. The average Bonchev–Trinajstić information content (AvgIpc) is 3.09. The molecule has 8 heteroatoms. The van der Waals surface area contributed by atoms with Gasteiger partial charge in [0.05, 0.1) is 23.9 Å². The molecule has 0 aliphatic carbocycles. The Kier molecular flexibility index (Phi) is 6.06. The van der Waals surface area contributed by atoms with Crippen molar-refractivity contribution < 1.29 is 23.7 Å². The van der Waals surface area contributed by atoms with Gasteiger partial charge >= 0.3 is 0 Å². The van der Waals surface area contributed by atoms with Crippen molar-refractivity contribution in [2.24, 2.45) is 4.99 Å². The van der Waals surface area contributed by atoms with E-state index in [4.69, 9.17) is 18.9 Å². The number of hydrogen-bond acceptors (Lipinski definition) is 6. The van der Waals surface area contributed by atoms with E-state index in [1.54, 1.807) is 13.2 Å². The summed E-state index contributed by atoms with van der Waals surface area (Å²) in [5.41, 5.74) is 0.978. The van der Waals surface area contributed by atoms with Crippen molar-refractivity contribution >= 4 is 27.5 Å². The number of rotatable bonds is 6. The first-order chi connectivity index (χ1) is 14.6. The summed E-state index contributed by atoms with van der Waals surface area (Å²) in [5.74, 6) is 1.57. The van der Waals surface area contributed by atoms with Crippen LogP contribution in [-0.4, -0.2) is 43.0 Å². The molecule has 0 saturated heterocycles. The van der Waals surface area contributed by atoms with Crippen molar-refractivity contribution in [2.75, 3.05) is 20.3 Å². The van der Waals surface area contributed by atoms with E-state index in [2.05, 4.69) is 4.99 Å². The van der Waals surface area contributed by atoms with Gasteiger partial charge in [-0.1, -0.05) is 23.5 Å². The number of amides is 1. The number of ether oxygens (including phenoxy) is 4. The van der Waals surface area contributed by atoms with Crippen LogP contribution in [0.1, 0.15) is 13.8 Å². The molecule has 1 aliphatic rings. The average molecular weight is 429 g/mol. The van der Waals surface area contributed by atoms with Crippen LogP contribution in [0.4, 0.5) is 0 Å². The predicted octanol–water partition coefficient (Wildman–Crippen LogP) is 3.40. The molecule has 1 aromatic heterocycles. The summed E-state index contributed by atoms with van der Waals surface area (Å²) < 4.78 is 25.6. The molecule has 0 saturated carbocycles. The first kappa shape index (κ1) is 20.4. The number of nitrogens with zero attached hydrogens (tertiary/aromatic N) is 2. The minimum absolute atomic E-state index is 0.374. The van der Waals surface area contributed by atoms with Gasteiger partial charge in [0, 0.05) is 13.2 Å². The quantitative estimate of drug-likeness (QED) is 0.563. The highest BCUT2D eigenvalue weighted by Crippen LogP contribution is 2.33. The maximum absolute atomic E-state index is 13.0. The van der Waals surface area contributed by atoms with Crippen LogP contribution >= 0.6 is 11.3 Å². The first-order valence-electron chi connectivity index (χ1n) is 9.86. The second-order valence-corrected chi connectivity index (χ2v) is 7.83. The molecular formula is C22H24N2O5S. The largest absolute Gasteiger partial charge is 0.497 e. The molecule has 0 spiro atoms. The number of benzene rings is 2. The smallest absolute Gasteiger partial charge is 0.293 e. The summed E-state index contributed by atoms with van der Waals surface area (Å²) in [4.78, 5) is 18.0. The summed E-state index contributed by atoms with van der Waals surface area (Å²) >= 11 is 1.43. The highest BCUT2D eigenvalue weighted by molar-refractivity contribution is 7.16. The van der Waals surface area contributed by atoms with Gasteiger partial charge in [0.2, 0.25) is 6.10 Å². The van der Waals surface area contributed by atoms with E-state index >= 15 is 0 Å². The van der Waals surface area contributed by atoms with Crippen LogP contribution in [0.5, 0.6) is 17.2 Å². The van der Waals surface area contributed by atoms with E-state index < -0.39 is 12.2 Å². The summed E-state index contributed by atoms with van der Waals surface area (Å²) in [7, 11) is 1.63. The van der Waals surface area contributed by atoms with Gasteiger partial charge in [0.15, 0.2) is 16.3 Å². The molecule has 0 radical (unpaired) electrons. The van der Waals surface area contributed by atoms with Crippen LogP contribution in [0, 0.1) is 0 Å². The third-order valence-corrected chi connectivity index (χ3v) is 5.89. The Morgan fingerprint density at radius 2 is 1.97 bits per heavy atom. The highest BCUT2D eigenvalue weighted by atomic mass is 32.1. The number of fused-ring (bicyclic) bond motifs is 2. The lowest BCUT2D eigenvalue weighted by Crippen LogP contribution is -2.43. The van der Waals surface area contributed by atoms with Crippen molar-refractivity contribution in [3.63, 3.8) is 0 Å². The Morgan fingerprint density at radius 1 is 1.20 bits per heavy atom. The van der Waals surface area contributed by atoms with Crippen LogP contribution in [-0.2, 0) is 16.1 Å². The number of hydrogen-bond donors (Lipinski definition) is 0. The van der Waals surface area contributed by atoms with Gasteiger partial charge in [-0.05, 0) is 44.2 Å². The van der Waals surface area contributed by atoms with E-state index in [9.17, 15) is 4.79 Å². The molecule has 7 nitrogen and oxygen atoms in total. The predicted molar refractivity (Wildman–Crippen MR) is 114 cm³/mol. The Morgan fingerprint density at radius 3 is 2.70 bits per heavy atom. The van der Waals surface area contributed by atoms with E-state index in [-0.39, 0.29) is 5.91 Å². The lowest BCUT2D eigenvalue weighted by molar-refractivity contribution is -0.130. The fourth-order valence-electron chi connectivity index (χ4n) is 3.33. The molecule has 4 rings (SSSR count). The molecule has 1 amide bonds. The lowest BCUT2D eigenvalue weighted by Gasteiger charge is -2.29. The van der Waals surface area contributed by atoms with Gasteiger partial charge in [0.1, 0.15) is 11.9 Å². The van der Waals surface area contributed by atoms with Gasteiger partial charge < -0.3 is 23.5 Å². The van der Waals surface area contributed by atoms with Crippen molar-refractivity contribution in [3.05, 3.63) is 47.3 Å². The second kappa shape index (κ2) is 8.89. The third kappa shape index (κ3) is 4.06. The van der Waals surface area contributed by atoms with E-state index in [1.807, 2.05) is 54.8 Å². The Hall–Kier alpha value is -2.84. The van der Waals surface area contributed by atoms with Crippen LogP contribution in [0.15, 0.2) is 47.5 Å². The Balaban J connectivity index is 1.70. The van der Waals surface area contributed by atoms with Crippen molar-refractivity contribution in [3.8, 4) is 17.2 Å². The van der Waals surface area contributed by atoms with Gasteiger partial charge in [-0.15, -0.1) is 0 Å². The monoisotopic (exact) mass is 428 g/mol. The molecule has 158 valence electrons. The summed E-state index contributed by atoms with van der Waals surface area (Å²) in [6.07, 6.45) is -1.25. The van der Waals surface area contributed by atoms with Gasteiger partial charge in [0.25, 0.3) is 5.91 Å². The summed E-state index contributed by atoms with van der Waals surface area (Å²) in [5, 5.41) is 0. The number of aromatic nitrogens is 1.